The molecule has 5 saturated carbocycles. The molecule has 24 heavy (non-hydrogen) atoms. The highest BCUT2D eigenvalue weighted by atomic mass is 17.3. The summed E-state index contributed by atoms with van der Waals surface area (Å²) in [5.74, 6) is 0.826. The minimum absolute atomic E-state index is 0.218. The number of carboxylic acid groups (broad SMARTS) is 1. The van der Waals surface area contributed by atoms with E-state index >= 15 is 0 Å². The van der Waals surface area contributed by atoms with E-state index in [4.69, 9.17) is 14.5 Å². The van der Waals surface area contributed by atoms with Crippen LogP contribution in [-0.4, -0.2) is 22.7 Å². The summed E-state index contributed by atoms with van der Waals surface area (Å²) < 4.78 is 6.65. The van der Waals surface area contributed by atoms with E-state index in [0.717, 1.165) is 37.5 Å². The Morgan fingerprint density at radius 1 is 1.00 bits per heavy atom. The van der Waals surface area contributed by atoms with E-state index in [0.29, 0.717) is 11.8 Å². The highest BCUT2D eigenvalue weighted by Gasteiger charge is 2.66. The maximum atomic E-state index is 11.2. The van der Waals surface area contributed by atoms with E-state index in [1.165, 1.54) is 32.1 Å². The van der Waals surface area contributed by atoms with Gasteiger partial charge in [-0.15, -0.1) is 0 Å². The molecule has 0 aromatic rings. The fourth-order valence-electron chi connectivity index (χ4n) is 6.58. The molecule has 5 heteroatoms. The van der Waals surface area contributed by atoms with Gasteiger partial charge in [-0.1, -0.05) is 6.92 Å². The van der Waals surface area contributed by atoms with Gasteiger partial charge in [0, 0.05) is 24.7 Å². The topological polar surface area (TPSA) is 65.0 Å². The van der Waals surface area contributed by atoms with Crippen molar-refractivity contribution in [2.45, 2.75) is 76.3 Å². The second-order valence-electron chi connectivity index (χ2n) is 9.17. The number of rotatable bonds is 2. The van der Waals surface area contributed by atoms with Crippen molar-refractivity contribution < 1.29 is 24.4 Å². The van der Waals surface area contributed by atoms with Gasteiger partial charge in [-0.25, -0.2) is 0 Å². The van der Waals surface area contributed by atoms with Gasteiger partial charge in [0.1, 0.15) is 0 Å². The zero-order valence-electron chi connectivity index (χ0n) is 14.4. The predicted molar refractivity (Wildman–Crippen MR) is 84.5 cm³/mol. The molecule has 5 nitrogen and oxygen atoms in total. The number of carboxylic acids is 1. The average molecular weight is 336 g/mol. The van der Waals surface area contributed by atoms with Crippen molar-refractivity contribution >= 4 is 5.97 Å². The Bertz CT molecular complexity index is 508. The van der Waals surface area contributed by atoms with Gasteiger partial charge >= 0.3 is 5.97 Å². The van der Waals surface area contributed by atoms with Gasteiger partial charge in [0.05, 0.1) is 5.92 Å². The molecule has 6 rings (SSSR count). The minimum Gasteiger partial charge on any atom is -0.481 e. The summed E-state index contributed by atoms with van der Waals surface area (Å²) in [6.07, 6.45) is 9.50. The molecule has 134 valence electrons. The maximum absolute atomic E-state index is 11.2. The first-order valence-electron chi connectivity index (χ1n) is 9.79. The Morgan fingerprint density at radius 2 is 1.58 bits per heavy atom. The summed E-state index contributed by atoms with van der Waals surface area (Å²) in [7, 11) is 0. The van der Waals surface area contributed by atoms with E-state index in [2.05, 4.69) is 0 Å². The lowest BCUT2D eigenvalue weighted by Crippen LogP contribution is -2.59. The van der Waals surface area contributed by atoms with Crippen molar-refractivity contribution in [2.24, 2.45) is 35.5 Å². The van der Waals surface area contributed by atoms with Gasteiger partial charge in [-0.05, 0) is 62.7 Å². The van der Waals surface area contributed by atoms with Gasteiger partial charge in [-0.2, -0.15) is 9.78 Å². The quantitative estimate of drug-likeness (QED) is 0.779. The van der Waals surface area contributed by atoms with Crippen LogP contribution in [0, 0.1) is 35.5 Å². The van der Waals surface area contributed by atoms with Gasteiger partial charge in [0.2, 0.25) is 11.6 Å². The first-order valence-corrected chi connectivity index (χ1v) is 9.79. The van der Waals surface area contributed by atoms with Crippen LogP contribution in [0.2, 0.25) is 0 Å². The lowest BCUT2D eigenvalue weighted by Gasteiger charge is -2.57. The standard InChI is InChI=1S/C19H28O5/c1-11(17(20)21)14-2-4-18(5-3-14)22-19(24-23-18)15-7-12-6-13(9-15)10-16(19)8-12/h11-16H,2-10H2,1H3,(H,20,21)/t11?,12?,13?,14-,15?,16?,18-,19?. The molecule has 1 saturated heterocycles. The van der Waals surface area contributed by atoms with Crippen molar-refractivity contribution in [1.29, 1.82) is 0 Å². The molecule has 1 aliphatic heterocycles. The fraction of sp³-hybridized carbons (Fsp3) is 0.947. The Labute approximate surface area is 143 Å². The summed E-state index contributed by atoms with van der Waals surface area (Å²) in [5, 5.41) is 9.24. The Hall–Kier alpha value is -0.650. The van der Waals surface area contributed by atoms with Gasteiger partial charge < -0.3 is 9.84 Å². The van der Waals surface area contributed by atoms with Gasteiger partial charge in [0.25, 0.3) is 0 Å². The molecular weight excluding hydrogens is 308 g/mol. The Kier molecular flexibility index (Phi) is 3.37. The van der Waals surface area contributed by atoms with Crippen LogP contribution in [0.5, 0.6) is 0 Å². The number of hydrogen-bond acceptors (Lipinski definition) is 4. The molecule has 0 aromatic carbocycles. The summed E-state index contributed by atoms with van der Waals surface area (Å²) in [6, 6.07) is 0. The molecule has 1 atom stereocenters. The van der Waals surface area contributed by atoms with Crippen LogP contribution < -0.4 is 0 Å². The minimum atomic E-state index is -0.696. The first-order chi connectivity index (χ1) is 11.5. The van der Waals surface area contributed by atoms with E-state index in [-0.39, 0.29) is 11.8 Å². The molecule has 0 amide bonds. The van der Waals surface area contributed by atoms with Crippen LogP contribution in [0.1, 0.15) is 64.7 Å². The second-order valence-corrected chi connectivity index (χ2v) is 9.17. The largest absolute Gasteiger partial charge is 0.481 e. The summed E-state index contributed by atoms with van der Waals surface area (Å²) in [5.41, 5.74) is 0. The third-order valence-corrected chi connectivity index (χ3v) is 7.83. The molecule has 0 aromatic heterocycles. The molecule has 0 radical (unpaired) electrons. The molecule has 2 spiro atoms. The van der Waals surface area contributed by atoms with Crippen molar-refractivity contribution in [3.63, 3.8) is 0 Å². The van der Waals surface area contributed by atoms with Crippen LogP contribution in [0.25, 0.3) is 0 Å². The van der Waals surface area contributed by atoms with Crippen LogP contribution in [0.3, 0.4) is 0 Å². The van der Waals surface area contributed by atoms with E-state index in [9.17, 15) is 9.90 Å². The van der Waals surface area contributed by atoms with Crippen molar-refractivity contribution in [3.05, 3.63) is 0 Å². The molecule has 1 unspecified atom stereocenters. The van der Waals surface area contributed by atoms with E-state index in [1.807, 2.05) is 6.92 Å². The fourth-order valence-corrected chi connectivity index (χ4v) is 6.58. The lowest BCUT2D eigenvalue weighted by molar-refractivity contribution is -0.390. The van der Waals surface area contributed by atoms with Crippen LogP contribution >= 0.6 is 0 Å². The zero-order valence-corrected chi connectivity index (χ0v) is 14.4. The number of ether oxygens (including phenoxy) is 1. The molecule has 5 aliphatic carbocycles. The molecular formula is C19H28O5. The highest BCUT2D eigenvalue weighted by Crippen LogP contribution is 2.63. The first kappa shape index (κ1) is 15.6. The number of aliphatic carboxylic acids is 1. The third-order valence-electron chi connectivity index (χ3n) is 7.83. The average Bonchev–Trinajstić information content (AvgIpc) is 2.92. The summed E-state index contributed by atoms with van der Waals surface area (Å²) in [6.45, 7) is 1.82. The SMILES string of the molecule is CC(C(=O)O)[C@H]1CC[C@@]2(CC1)OOC1(O2)C2CC3CC(C2)CC1C3. The molecule has 6 fully saturated rings. The lowest BCUT2D eigenvalue weighted by atomic mass is 9.53. The smallest absolute Gasteiger partial charge is 0.306 e. The second kappa shape index (κ2) is 5.18. The van der Waals surface area contributed by atoms with Crippen molar-refractivity contribution in [2.75, 3.05) is 0 Å². The van der Waals surface area contributed by atoms with Crippen LogP contribution in [-0.2, 0) is 19.3 Å². The maximum Gasteiger partial charge on any atom is 0.306 e. The molecule has 4 bridgehead atoms. The van der Waals surface area contributed by atoms with Crippen LogP contribution in [0.15, 0.2) is 0 Å². The number of hydrogen-bond donors (Lipinski definition) is 1. The number of carbonyl (C=O) groups is 1. The van der Waals surface area contributed by atoms with Crippen LogP contribution in [0.4, 0.5) is 0 Å². The molecule has 1 N–H and O–H groups in total. The summed E-state index contributed by atoms with van der Waals surface area (Å²) >= 11 is 0. The van der Waals surface area contributed by atoms with Crippen molar-refractivity contribution in [3.8, 4) is 0 Å². The van der Waals surface area contributed by atoms with E-state index < -0.39 is 17.5 Å². The van der Waals surface area contributed by atoms with Gasteiger partial charge in [0.15, 0.2) is 0 Å². The molecule has 1 heterocycles. The Balaban J connectivity index is 1.30. The highest BCUT2D eigenvalue weighted by molar-refractivity contribution is 5.69. The summed E-state index contributed by atoms with van der Waals surface area (Å²) in [4.78, 5) is 23.1. The van der Waals surface area contributed by atoms with Crippen molar-refractivity contribution in [1.82, 2.24) is 0 Å². The van der Waals surface area contributed by atoms with E-state index in [1.54, 1.807) is 0 Å². The normalized spacial score (nSPS) is 53.8. The monoisotopic (exact) mass is 336 g/mol. The third kappa shape index (κ3) is 2.14. The zero-order chi connectivity index (χ0) is 16.5. The Morgan fingerprint density at radius 3 is 2.12 bits per heavy atom. The molecule has 6 aliphatic rings. The predicted octanol–water partition coefficient (Wildman–Crippen LogP) is 3.72. The van der Waals surface area contributed by atoms with Gasteiger partial charge in [-0.3, -0.25) is 4.79 Å².